The first-order chi connectivity index (χ1) is 8.10. The average Bonchev–Trinajstić information content (AvgIpc) is 2.74. The lowest BCUT2D eigenvalue weighted by molar-refractivity contribution is 0.184. The molecule has 2 N–H and O–H groups in total. The number of nitrogens with zero attached hydrogens (tertiary/aromatic N) is 1. The van der Waals surface area contributed by atoms with Gasteiger partial charge in [-0.2, -0.15) is 0 Å². The first kappa shape index (κ1) is 12.4. The monoisotopic (exact) mass is 234 g/mol. The van der Waals surface area contributed by atoms with Crippen LogP contribution in [0, 0.1) is 13.8 Å². The lowest BCUT2D eigenvalue weighted by Gasteiger charge is -2.28. The summed E-state index contributed by atoms with van der Waals surface area (Å²) in [6.07, 6.45) is 0.993. The number of hydrogen-bond donors (Lipinski definition) is 2. The van der Waals surface area contributed by atoms with E-state index in [2.05, 4.69) is 42.3 Å². The third kappa shape index (κ3) is 2.31. The zero-order chi connectivity index (χ0) is 12.5. The van der Waals surface area contributed by atoms with Crippen molar-refractivity contribution in [1.29, 1.82) is 0 Å². The van der Waals surface area contributed by atoms with Crippen LogP contribution in [0.15, 0.2) is 18.2 Å². The van der Waals surface area contributed by atoms with Crippen LogP contribution < -0.4 is 10.2 Å². The Hall–Kier alpha value is -1.06. The summed E-state index contributed by atoms with van der Waals surface area (Å²) in [6.45, 7) is 6.35. The molecule has 0 aliphatic carbocycles. The van der Waals surface area contributed by atoms with Gasteiger partial charge < -0.3 is 15.3 Å². The maximum Gasteiger partial charge on any atom is 0.0631 e. The Bertz CT molecular complexity index is 399. The molecule has 1 fully saturated rings. The molecule has 1 saturated heterocycles. The number of hydrogen-bond acceptors (Lipinski definition) is 3. The van der Waals surface area contributed by atoms with Crippen molar-refractivity contribution in [3.8, 4) is 0 Å². The highest BCUT2D eigenvalue weighted by molar-refractivity contribution is 5.55. The van der Waals surface area contributed by atoms with Gasteiger partial charge in [0.2, 0.25) is 0 Å². The van der Waals surface area contributed by atoms with Gasteiger partial charge in [0.15, 0.2) is 0 Å². The van der Waals surface area contributed by atoms with Gasteiger partial charge in [-0.25, -0.2) is 0 Å². The number of aliphatic hydroxyl groups excluding tert-OH is 1. The molecule has 1 aromatic carbocycles. The van der Waals surface area contributed by atoms with Crippen LogP contribution in [0.3, 0.4) is 0 Å². The Morgan fingerprint density at radius 2 is 2.18 bits per heavy atom. The molecule has 0 radical (unpaired) electrons. The van der Waals surface area contributed by atoms with Crippen LogP contribution in [-0.4, -0.2) is 37.4 Å². The molecule has 0 spiro atoms. The minimum Gasteiger partial charge on any atom is -0.394 e. The summed E-state index contributed by atoms with van der Waals surface area (Å²) in [5.41, 5.74) is 3.78. The topological polar surface area (TPSA) is 35.5 Å². The molecule has 0 aromatic heterocycles. The molecule has 17 heavy (non-hydrogen) atoms. The highest BCUT2D eigenvalue weighted by atomic mass is 16.3. The number of benzene rings is 1. The minimum atomic E-state index is -0.128. The molecular formula is C14H22N2O. The van der Waals surface area contributed by atoms with E-state index in [4.69, 9.17) is 0 Å². The standard InChI is InChI=1S/C14H22N2O/c1-11-4-5-13(12(2)8-11)16-7-6-14(9-16,10-17)15-3/h4-5,8,15,17H,6-7,9-10H2,1-3H3. The molecule has 94 valence electrons. The van der Waals surface area contributed by atoms with Gasteiger partial charge in [-0.05, 0) is 38.9 Å². The molecule has 0 amide bonds. The molecular weight excluding hydrogens is 212 g/mol. The highest BCUT2D eigenvalue weighted by Gasteiger charge is 2.36. The van der Waals surface area contributed by atoms with Gasteiger partial charge in [-0.15, -0.1) is 0 Å². The first-order valence-corrected chi connectivity index (χ1v) is 6.22. The molecule has 0 saturated carbocycles. The predicted octanol–water partition coefficient (Wildman–Crippen LogP) is 1.46. The van der Waals surface area contributed by atoms with Gasteiger partial charge >= 0.3 is 0 Å². The zero-order valence-corrected chi connectivity index (χ0v) is 11.0. The Morgan fingerprint density at radius 3 is 2.71 bits per heavy atom. The van der Waals surface area contributed by atoms with Crippen molar-refractivity contribution in [2.75, 3.05) is 31.6 Å². The van der Waals surface area contributed by atoms with Gasteiger partial charge in [0.25, 0.3) is 0 Å². The molecule has 1 heterocycles. The zero-order valence-electron chi connectivity index (χ0n) is 11.0. The molecule has 1 unspecified atom stereocenters. The molecule has 3 nitrogen and oxygen atoms in total. The first-order valence-electron chi connectivity index (χ1n) is 6.22. The summed E-state index contributed by atoms with van der Waals surface area (Å²) in [5.74, 6) is 0. The summed E-state index contributed by atoms with van der Waals surface area (Å²) < 4.78 is 0. The van der Waals surface area contributed by atoms with Gasteiger partial charge in [-0.3, -0.25) is 0 Å². The van der Waals surface area contributed by atoms with Crippen LogP contribution in [0.4, 0.5) is 5.69 Å². The van der Waals surface area contributed by atoms with E-state index in [1.54, 1.807) is 0 Å². The van der Waals surface area contributed by atoms with Crippen LogP contribution in [-0.2, 0) is 0 Å². The molecule has 2 rings (SSSR count). The molecule has 1 aromatic rings. The van der Waals surface area contributed by atoms with Gasteiger partial charge in [0.1, 0.15) is 0 Å². The van der Waals surface area contributed by atoms with Crippen molar-refractivity contribution in [2.45, 2.75) is 25.8 Å². The number of anilines is 1. The highest BCUT2D eigenvalue weighted by Crippen LogP contribution is 2.29. The maximum atomic E-state index is 9.51. The lowest BCUT2D eigenvalue weighted by Crippen LogP contribution is -2.48. The van der Waals surface area contributed by atoms with E-state index < -0.39 is 0 Å². The Morgan fingerprint density at radius 1 is 1.41 bits per heavy atom. The van der Waals surface area contributed by atoms with Crippen LogP contribution in [0.5, 0.6) is 0 Å². The number of nitrogens with one attached hydrogen (secondary N) is 1. The van der Waals surface area contributed by atoms with Gasteiger partial charge in [0, 0.05) is 18.8 Å². The van der Waals surface area contributed by atoms with Crippen LogP contribution in [0.25, 0.3) is 0 Å². The van der Waals surface area contributed by atoms with E-state index in [0.29, 0.717) is 0 Å². The van der Waals surface area contributed by atoms with Crippen molar-refractivity contribution in [3.05, 3.63) is 29.3 Å². The van der Waals surface area contributed by atoms with E-state index in [-0.39, 0.29) is 12.1 Å². The largest absolute Gasteiger partial charge is 0.394 e. The van der Waals surface area contributed by atoms with Gasteiger partial charge in [0.05, 0.1) is 12.1 Å². The number of likely N-dealkylation sites (N-methyl/N-ethyl adjacent to an activating group) is 1. The summed E-state index contributed by atoms with van der Waals surface area (Å²) in [5, 5.41) is 12.8. The van der Waals surface area contributed by atoms with Crippen molar-refractivity contribution >= 4 is 5.69 Å². The lowest BCUT2D eigenvalue weighted by atomic mass is 10.0. The van der Waals surface area contributed by atoms with Crippen LogP contribution in [0.1, 0.15) is 17.5 Å². The Kier molecular flexibility index (Phi) is 3.40. The summed E-state index contributed by atoms with van der Waals surface area (Å²) >= 11 is 0. The van der Waals surface area contributed by atoms with Gasteiger partial charge in [-0.1, -0.05) is 17.7 Å². The van der Waals surface area contributed by atoms with Crippen LogP contribution in [0.2, 0.25) is 0 Å². The van der Waals surface area contributed by atoms with E-state index in [1.165, 1.54) is 16.8 Å². The van der Waals surface area contributed by atoms with E-state index >= 15 is 0 Å². The number of aliphatic hydroxyl groups is 1. The summed E-state index contributed by atoms with van der Waals surface area (Å²) in [4.78, 5) is 2.36. The third-order valence-electron chi connectivity index (χ3n) is 3.88. The summed E-state index contributed by atoms with van der Waals surface area (Å²) in [6, 6.07) is 6.56. The number of rotatable bonds is 3. The molecule has 1 aliphatic heterocycles. The normalized spacial score (nSPS) is 24.4. The van der Waals surface area contributed by atoms with Crippen molar-refractivity contribution in [1.82, 2.24) is 5.32 Å². The SMILES string of the molecule is CNC1(CO)CCN(c2ccc(C)cc2C)C1. The fraction of sp³-hybridized carbons (Fsp3) is 0.571. The predicted molar refractivity (Wildman–Crippen MR) is 71.6 cm³/mol. The maximum absolute atomic E-state index is 9.51. The smallest absolute Gasteiger partial charge is 0.0631 e. The van der Waals surface area contributed by atoms with Crippen molar-refractivity contribution in [3.63, 3.8) is 0 Å². The van der Waals surface area contributed by atoms with Crippen molar-refractivity contribution in [2.24, 2.45) is 0 Å². The minimum absolute atomic E-state index is 0.128. The molecule has 1 aliphatic rings. The van der Waals surface area contributed by atoms with Crippen LogP contribution >= 0.6 is 0 Å². The Labute approximate surface area is 103 Å². The quantitative estimate of drug-likeness (QED) is 0.831. The summed E-state index contributed by atoms with van der Waals surface area (Å²) in [7, 11) is 1.93. The van der Waals surface area contributed by atoms with Crippen molar-refractivity contribution < 1.29 is 5.11 Å². The second-order valence-corrected chi connectivity index (χ2v) is 5.15. The third-order valence-corrected chi connectivity index (χ3v) is 3.88. The molecule has 0 bridgehead atoms. The number of aryl methyl sites for hydroxylation is 2. The van der Waals surface area contributed by atoms with E-state index in [9.17, 15) is 5.11 Å². The second-order valence-electron chi connectivity index (χ2n) is 5.15. The molecule has 3 heteroatoms. The van der Waals surface area contributed by atoms with E-state index in [0.717, 1.165) is 19.5 Å². The Balaban J connectivity index is 2.20. The molecule has 1 atom stereocenters. The fourth-order valence-corrected chi connectivity index (χ4v) is 2.65. The second kappa shape index (κ2) is 4.67. The fourth-order valence-electron chi connectivity index (χ4n) is 2.65. The average molecular weight is 234 g/mol. The van der Waals surface area contributed by atoms with E-state index in [1.807, 2.05) is 7.05 Å².